The fourth-order valence-corrected chi connectivity index (χ4v) is 2.53. The highest BCUT2D eigenvalue weighted by Gasteiger charge is 2.13. The molecule has 0 amide bonds. The van der Waals surface area contributed by atoms with Crippen molar-refractivity contribution < 1.29 is 8.42 Å². The van der Waals surface area contributed by atoms with Gasteiger partial charge in [0.1, 0.15) is 11.6 Å². The van der Waals surface area contributed by atoms with E-state index in [0.29, 0.717) is 11.4 Å². The van der Waals surface area contributed by atoms with Gasteiger partial charge in [0.15, 0.2) is 0 Å². The van der Waals surface area contributed by atoms with Crippen LogP contribution < -0.4 is 10.5 Å². The van der Waals surface area contributed by atoms with Gasteiger partial charge in [-0.05, 0) is 19.1 Å². The maximum atomic E-state index is 12.0. The molecule has 2 aromatic rings. The molecular weight excluding hydrogens is 264 g/mol. The van der Waals surface area contributed by atoms with Crippen molar-refractivity contribution >= 4 is 15.8 Å². The summed E-state index contributed by atoms with van der Waals surface area (Å²) in [6, 6.07) is 8.13. The number of aromatic nitrogens is 2. The van der Waals surface area contributed by atoms with E-state index in [9.17, 15) is 8.42 Å². The van der Waals surface area contributed by atoms with E-state index in [4.69, 9.17) is 5.73 Å². The molecule has 0 unspecified atom stereocenters. The van der Waals surface area contributed by atoms with Crippen LogP contribution in [0.5, 0.6) is 0 Å². The third-order valence-electron chi connectivity index (χ3n) is 2.52. The van der Waals surface area contributed by atoms with Crippen LogP contribution in [0.3, 0.4) is 0 Å². The molecule has 0 bridgehead atoms. The largest absolute Gasteiger partial charge is 0.383 e. The van der Waals surface area contributed by atoms with Crippen molar-refractivity contribution in [3.63, 3.8) is 0 Å². The summed E-state index contributed by atoms with van der Waals surface area (Å²) in [7, 11) is -3.55. The van der Waals surface area contributed by atoms with Gasteiger partial charge in [0.05, 0.1) is 4.90 Å². The van der Waals surface area contributed by atoms with Crippen LogP contribution in [-0.2, 0) is 16.6 Å². The van der Waals surface area contributed by atoms with Crippen LogP contribution in [0.4, 0.5) is 5.82 Å². The number of hydrogen-bond acceptors (Lipinski definition) is 5. The van der Waals surface area contributed by atoms with Crippen molar-refractivity contribution in [2.75, 3.05) is 5.73 Å². The molecule has 0 aliphatic rings. The molecule has 1 aromatic heterocycles. The zero-order valence-electron chi connectivity index (χ0n) is 10.4. The van der Waals surface area contributed by atoms with Gasteiger partial charge in [-0.15, -0.1) is 0 Å². The van der Waals surface area contributed by atoms with E-state index in [1.165, 1.54) is 18.3 Å². The van der Waals surface area contributed by atoms with Crippen LogP contribution in [0.25, 0.3) is 0 Å². The first kappa shape index (κ1) is 13.4. The van der Waals surface area contributed by atoms with Crippen LogP contribution in [0, 0.1) is 6.92 Å². The molecule has 7 heteroatoms. The molecule has 19 heavy (non-hydrogen) atoms. The maximum absolute atomic E-state index is 12.0. The maximum Gasteiger partial charge on any atom is 0.240 e. The molecule has 2 rings (SSSR count). The molecule has 6 nitrogen and oxygen atoms in total. The Morgan fingerprint density at radius 1 is 1.26 bits per heavy atom. The monoisotopic (exact) mass is 278 g/mol. The molecule has 0 aliphatic carbocycles. The third-order valence-corrected chi connectivity index (χ3v) is 3.94. The van der Waals surface area contributed by atoms with Crippen molar-refractivity contribution in [1.29, 1.82) is 0 Å². The Hall–Kier alpha value is -1.99. The Labute approximate surface area is 111 Å². The van der Waals surface area contributed by atoms with Gasteiger partial charge in [-0.25, -0.2) is 23.1 Å². The van der Waals surface area contributed by atoms with Gasteiger partial charge in [-0.1, -0.05) is 18.2 Å². The average Bonchev–Trinajstić information content (AvgIpc) is 2.39. The number of aryl methyl sites for hydroxylation is 1. The Kier molecular flexibility index (Phi) is 3.77. The molecule has 100 valence electrons. The second-order valence-corrected chi connectivity index (χ2v) is 5.73. The highest BCUT2D eigenvalue weighted by molar-refractivity contribution is 7.89. The molecule has 0 atom stereocenters. The summed E-state index contributed by atoms with van der Waals surface area (Å²) in [5.41, 5.74) is 6.25. The topological polar surface area (TPSA) is 98.0 Å². The minimum atomic E-state index is -3.55. The predicted molar refractivity (Wildman–Crippen MR) is 71.6 cm³/mol. The highest BCUT2D eigenvalue weighted by atomic mass is 32.2. The van der Waals surface area contributed by atoms with E-state index in [0.717, 1.165) is 0 Å². The molecule has 1 aromatic carbocycles. The lowest BCUT2D eigenvalue weighted by Gasteiger charge is -2.08. The number of nitrogens with zero attached hydrogens (tertiary/aromatic N) is 2. The zero-order valence-corrected chi connectivity index (χ0v) is 11.2. The first-order valence-electron chi connectivity index (χ1n) is 5.62. The van der Waals surface area contributed by atoms with Gasteiger partial charge in [-0.3, -0.25) is 0 Å². The number of nitrogen functional groups attached to an aromatic ring is 1. The third kappa shape index (κ3) is 3.27. The number of sulfonamides is 1. The van der Waals surface area contributed by atoms with Crippen molar-refractivity contribution in [3.05, 3.63) is 47.9 Å². The quantitative estimate of drug-likeness (QED) is 0.863. The molecule has 1 heterocycles. The first-order chi connectivity index (χ1) is 8.99. The van der Waals surface area contributed by atoms with Crippen LogP contribution >= 0.6 is 0 Å². The molecule has 0 radical (unpaired) electrons. The van der Waals surface area contributed by atoms with Crippen molar-refractivity contribution in [1.82, 2.24) is 14.7 Å². The van der Waals surface area contributed by atoms with E-state index < -0.39 is 10.0 Å². The van der Waals surface area contributed by atoms with Gasteiger partial charge < -0.3 is 5.73 Å². The number of anilines is 1. The Bertz CT molecular complexity index is 671. The summed E-state index contributed by atoms with van der Waals surface area (Å²) < 4.78 is 26.4. The number of nitrogens with one attached hydrogen (secondary N) is 1. The molecule has 0 spiro atoms. The molecule has 3 N–H and O–H groups in total. The van der Waals surface area contributed by atoms with E-state index in [1.54, 1.807) is 25.1 Å². The summed E-state index contributed by atoms with van der Waals surface area (Å²) in [5.74, 6) is 0.829. The van der Waals surface area contributed by atoms with Gasteiger partial charge in [-0.2, -0.15) is 0 Å². The lowest BCUT2D eigenvalue weighted by molar-refractivity contribution is 0.581. The van der Waals surface area contributed by atoms with Crippen LogP contribution in [0.1, 0.15) is 11.4 Å². The minimum absolute atomic E-state index is 0.0589. The fraction of sp³-hybridized carbons (Fsp3) is 0.167. The predicted octanol–water partition coefficient (Wildman–Crippen LogP) is 0.846. The lowest BCUT2D eigenvalue weighted by Crippen LogP contribution is -2.24. The van der Waals surface area contributed by atoms with Crippen LogP contribution in [0.15, 0.2) is 41.4 Å². The molecule has 0 saturated heterocycles. The lowest BCUT2D eigenvalue weighted by atomic mass is 10.3. The Morgan fingerprint density at radius 3 is 2.58 bits per heavy atom. The molecule has 0 saturated carbocycles. The molecule has 0 fully saturated rings. The van der Waals surface area contributed by atoms with Gasteiger partial charge >= 0.3 is 0 Å². The van der Waals surface area contributed by atoms with E-state index >= 15 is 0 Å². The summed E-state index contributed by atoms with van der Waals surface area (Å²) in [5, 5.41) is 0. The number of hydrogen-bond donors (Lipinski definition) is 2. The fourth-order valence-electron chi connectivity index (χ4n) is 1.50. The van der Waals surface area contributed by atoms with E-state index in [-0.39, 0.29) is 17.3 Å². The second kappa shape index (κ2) is 5.33. The van der Waals surface area contributed by atoms with Crippen LogP contribution in [0.2, 0.25) is 0 Å². The van der Waals surface area contributed by atoms with Gasteiger partial charge in [0.25, 0.3) is 0 Å². The molecule has 0 aliphatic heterocycles. The Balaban J connectivity index is 2.14. The first-order valence-corrected chi connectivity index (χ1v) is 7.10. The minimum Gasteiger partial charge on any atom is -0.383 e. The number of nitrogens with two attached hydrogens (primary N) is 1. The van der Waals surface area contributed by atoms with Gasteiger partial charge in [0.2, 0.25) is 10.0 Å². The van der Waals surface area contributed by atoms with Crippen molar-refractivity contribution in [3.8, 4) is 0 Å². The SMILES string of the molecule is Cc1ncc(CNS(=O)(=O)c2ccccc2)c(N)n1. The van der Waals surface area contributed by atoms with Crippen LogP contribution in [-0.4, -0.2) is 18.4 Å². The number of benzene rings is 1. The highest BCUT2D eigenvalue weighted by Crippen LogP contribution is 2.11. The standard InChI is InChI=1S/C12H14N4O2S/c1-9-14-7-10(12(13)16-9)8-15-19(17,18)11-5-3-2-4-6-11/h2-7,15H,8H2,1H3,(H2,13,14,16). The van der Waals surface area contributed by atoms with E-state index in [2.05, 4.69) is 14.7 Å². The summed E-state index contributed by atoms with van der Waals surface area (Å²) >= 11 is 0. The van der Waals surface area contributed by atoms with Crippen molar-refractivity contribution in [2.24, 2.45) is 0 Å². The summed E-state index contributed by atoms with van der Waals surface area (Å²) in [6.07, 6.45) is 1.52. The number of rotatable bonds is 4. The smallest absolute Gasteiger partial charge is 0.240 e. The van der Waals surface area contributed by atoms with E-state index in [1.807, 2.05) is 0 Å². The second-order valence-electron chi connectivity index (χ2n) is 3.97. The van der Waals surface area contributed by atoms with Gasteiger partial charge in [0, 0.05) is 18.3 Å². The average molecular weight is 278 g/mol. The summed E-state index contributed by atoms with van der Waals surface area (Å²) in [6.45, 7) is 1.78. The molecular formula is C12H14N4O2S. The summed E-state index contributed by atoms with van der Waals surface area (Å²) in [4.78, 5) is 8.18. The normalized spacial score (nSPS) is 11.4. The zero-order chi connectivity index (χ0) is 13.9. The van der Waals surface area contributed by atoms with Crippen molar-refractivity contribution in [2.45, 2.75) is 18.4 Å². The Morgan fingerprint density at radius 2 is 1.95 bits per heavy atom.